The molecule has 0 atom stereocenters. The van der Waals surface area contributed by atoms with Gasteiger partial charge in [0.2, 0.25) is 5.91 Å². The van der Waals surface area contributed by atoms with Gasteiger partial charge < -0.3 is 15.5 Å². The number of nitriles is 1. The molecular formula is C20H19N5O. The van der Waals surface area contributed by atoms with Gasteiger partial charge in [-0.2, -0.15) is 5.26 Å². The van der Waals surface area contributed by atoms with Crippen molar-refractivity contribution in [2.75, 3.05) is 13.1 Å². The van der Waals surface area contributed by atoms with Crippen LogP contribution in [0, 0.1) is 11.3 Å². The normalized spacial score (nSPS) is 18.0. The van der Waals surface area contributed by atoms with Gasteiger partial charge >= 0.3 is 0 Å². The summed E-state index contributed by atoms with van der Waals surface area (Å²) in [6.45, 7) is 2.25. The summed E-state index contributed by atoms with van der Waals surface area (Å²) in [7, 11) is 0. The Morgan fingerprint density at radius 3 is 2.92 bits per heavy atom. The topological polar surface area (TPSA) is 80.5 Å². The molecule has 0 fully saturated rings. The third-order valence-corrected chi connectivity index (χ3v) is 4.64. The summed E-state index contributed by atoms with van der Waals surface area (Å²) >= 11 is 0. The Bertz CT molecular complexity index is 899. The smallest absolute Gasteiger partial charge is 0.248 e. The number of rotatable bonds is 5. The van der Waals surface area contributed by atoms with Gasteiger partial charge in [-0.25, -0.2) is 4.99 Å². The van der Waals surface area contributed by atoms with Crippen LogP contribution in [0.1, 0.15) is 24.0 Å². The number of amidine groups is 1. The molecule has 1 aromatic carbocycles. The number of nitrogens with one attached hydrogen (secondary N) is 2. The van der Waals surface area contributed by atoms with Crippen molar-refractivity contribution in [2.24, 2.45) is 4.99 Å². The minimum atomic E-state index is -0.0838. The van der Waals surface area contributed by atoms with Crippen LogP contribution in [0.25, 0.3) is 0 Å². The maximum absolute atomic E-state index is 11.8. The summed E-state index contributed by atoms with van der Waals surface area (Å²) in [6, 6.07) is 10.4. The summed E-state index contributed by atoms with van der Waals surface area (Å²) in [5, 5.41) is 14.8. The van der Waals surface area contributed by atoms with Crippen LogP contribution in [-0.2, 0) is 11.3 Å². The van der Waals surface area contributed by atoms with E-state index in [9.17, 15) is 4.79 Å². The number of hydrogen-bond acceptors (Lipinski definition) is 5. The molecule has 26 heavy (non-hydrogen) atoms. The van der Waals surface area contributed by atoms with Gasteiger partial charge in [0.25, 0.3) is 0 Å². The summed E-state index contributed by atoms with van der Waals surface area (Å²) in [5.74, 6) is 0.826. The maximum atomic E-state index is 11.8. The zero-order valence-electron chi connectivity index (χ0n) is 14.3. The maximum Gasteiger partial charge on any atom is 0.248 e. The van der Waals surface area contributed by atoms with E-state index in [1.165, 1.54) is 5.56 Å². The molecule has 3 aliphatic rings. The Morgan fingerprint density at radius 2 is 2.12 bits per heavy atom. The van der Waals surface area contributed by atoms with Crippen molar-refractivity contribution >= 4 is 11.7 Å². The lowest BCUT2D eigenvalue weighted by Crippen LogP contribution is -2.31. The molecule has 3 heterocycles. The van der Waals surface area contributed by atoms with Crippen LogP contribution in [0.15, 0.2) is 64.6 Å². The molecule has 3 aliphatic heterocycles. The average Bonchev–Trinajstić information content (AvgIpc) is 3.00. The lowest BCUT2D eigenvalue weighted by Gasteiger charge is -2.27. The molecule has 0 aliphatic carbocycles. The minimum Gasteiger partial charge on any atom is -0.324 e. The lowest BCUT2D eigenvalue weighted by atomic mass is 10.1. The standard InChI is InChI=1S/C20H19N5O/c21-9-1-10-22-12-14-2-4-15(5-3-14)20-23-13-16-6-7-18(26)24-17-8-11-25(20)19(16)17/h2-7,13,22H,1,8,10-12H2,(H,24,26). The second-order valence-corrected chi connectivity index (χ2v) is 6.37. The van der Waals surface area contributed by atoms with E-state index >= 15 is 0 Å². The first-order valence-electron chi connectivity index (χ1n) is 8.71. The van der Waals surface area contributed by atoms with E-state index in [4.69, 9.17) is 5.26 Å². The number of carbonyl (C=O) groups is 1. The fourth-order valence-corrected chi connectivity index (χ4v) is 3.40. The molecule has 0 spiro atoms. The first kappa shape index (κ1) is 16.3. The van der Waals surface area contributed by atoms with Crippen molar-refractivity contribution in [1.29, 1.82) is 5.26 Å². The number of amides is 1. The molecule has 1 aromatic rings. The van der Waals surface area contributed by atoms with Crippen molar-refractivity contribution in [2.45, 2.75) is 19.4 Å². The van der Waals surface area contributed by atoms with Crippen LogP contribution in [-0.4, -0.2) is 29.7 Å². The van der Waals surface area contributed by atoms with Gasteiger partial charge in [-0.05, 0) is 11.6 Å². The van der Waals surface area contributed by atoms with E-state index in [-0.39, 0.29) is 5.91 Å². The van der Waals surface area contributed by atoms with E-state index in [1.54, 1.807) is 6.08 Å². The molecule has 0 unspecified atom stereocenters. The third-order valence-electron chi connectivity index (χ3n) is 4.64. The predicted octanol–water partition coefficient (Wildman–Crippen LogP) is 1.94. The monoisotopic (exact) mass is 345 g/mol. The highest BCUT2D eigenvalue weighted by molar-refractivity contribution is 6.02. The lowest BCUT2D eigenvalue weighted by molar-refractivity contribution is -0.115. The van der Waals surface area contributed by atoms with Gasteiger partial charge in [-0.1, -0.05) is 24.3 Å². The van der Waals surface area contributed by atoms with Crippen LogP contribution in [0.4, 0.5) is 0 Å². The van der Waals surface area contributed by atoms with E-state index in [0.717, 1.165) is 47.9 Å². The second-order valence-electron chi connectivity index (χ2n) is 6.37. The molecule has 6 nitrogen and oxygen atoms in total. The first-order chi connectivity index (χ1) is 12.8. The molecule has 0 radical (unpaired) electrons. The number of benzene rings is 1. The second kappa shape index (κ2) is 6.98. The highest BCUT2D eigenvalue weighted by atomic mass is 16.1. The van der Waals surface area contributed by atoms with Crippen LogP contribution in [0.5, 0.6) is 0 Å². The molecule has 4 rings (SSSR count). The summed E-state index contributed by atoms with van der Waals surface area (Å²) in [4.78, 5) is 18.6. The SMILES string of the molecule is N#CCCNCc1ccc(C2=NC=C3C=CC(=O)NC4=C3N2CC4)cc1. The van der Waals surface area contributed by atoms with Crippen LogP contribution >= 0.6 is 0 Å². The highest BCUT2D eigenvalue weighted by Gasteiger charge is 2.32. The summed E-state index contributed by atoms with van der Waals surface area (Å²) in [6.07, 6.45) is 6.53. The minimum absolute atomic E-state index is 0.0838. The number of aliphatic imine (C=N–C) groups is 1. The molecular weight excluding hydrogens is 326 g/mol. The fraction of sp³-hybridized carbons (Fsp3) is 0.250. The van der Waals surface area contributed by atoms with Crippen LogP contribution < -0.4 is 10.6 Å². The van der Waals surface area contributed by atoms with Crippen molar-refractivity contribution in [3.05, 3.63) is 70.7 Å². The number of allylic oxidation sites excluding steroid dienone is 1. The summed E-state index contributed by atoms with van der Waals surface area (Å²) in [5.41, 5.74) is 5.22. The number of hydrogen-bond donors (Lipinski definition) is 2. The molecule has 1 amide bonds. The average molecular weight is 345 g/mol. The van der Waals surface area contributed by atoms with Gasteiger partial charge in [0.05, 0.1) is 11.8 Å². The molecule has 0 saturated heterocycles. The zero-order chi connectivity index (χ0) is 17.9. The Hall–Kier alpha value is -3.17. The van der Waals surface area contributed by atoms with Crippen LogP contribution in [0.2, 0.25) is 0 Å². The van der Waals surface area contributed by atoms with Gasteiger partial charge in [0.1, 0.15) is 5.84 Å². The van der Waals surface area contributed by atoms with E-state index in [1.807, 2.05) is 12.3 Å². The van der Waals surface area contributed by atoms with Crippen molar-refractivity contribution in [3.8, 4) is 6.07 Å². The van der Waals surface area contributed by atoms with Crippen molar-refractivity contribution < 1.29 is 4.79 Å². The predicted molar refractivity (Wildman–Crippen MR) is 98.6 cm³/mol. The summed E-state index contributed by atoms with van der Waals surface area (Å²) < 4.78 is 0. The molecule has 6 heteroatoms. The van der Waals surface area contributed by atoms with Crippen molar-refractivity contribution in [1.82, 2.24) is 15.5 Å². The molecule has 0 saturated carbocycles. The van der Waals surface area contributed by atoms with Gasteiger partial charge in [0.15, 0.2) is 0 Å². The quantitative estimate of drug-likeness (QED) is 0.799. The Morgan fingerprint density at radius 1 is 1.27 bits per heavy atom. The van der Waals surface area contributed by atoms with Gasteiger partial charge in [0, 0.05) is 61.6 Å². The molecule has 0 bridgehead atoms. The van der Waals surface area contributed by atoms with E-state index in [2.05, 4.69) is 50.9 Å². The van der Waals surface area contributed by atoms with Gasteiger partial charge in [-0.3, -0.25) is 4.79 Å². The largest absolute Gasteiger partial charge is 0.324 e. The zero-order valence-corrected chi connectivity index (χ0v) is 14.3. The molecule has 0 aromatic heterocycles. The van der Waals surface area contributed by atoms with E-state index < -0.39 is 0 Å². The van der Waals surface area contributed by atoms with E-state index in [0.29, 0.717) is 13.0 Å². The van der Waals surface area contributed by atoms with Crippen LogP contribution in [0.3, 0.4) is 0 Å². The molecule has 2 N–H and O–H groups in total. The Balaban J connectivity index is 1.55. The fourth-order valence-electron chi connectivity index (χ4n) is 3.40. The first-order valence-corrected chi connectivity index (χ1v) is 8.71. The van der Waals surface area contributed by atoms with Crippen molar-refractivity contribution in [3.63, 3.8) is 0 Å². The Labute approximate surface area is 152 Å². The third kappa shape index (κ3) is 3.05. The molecule has 130 valence electrons. The number of carbonyl (C=O) groups excluding carboxylic acids is 1. The van der Waals surface area contributed by atoms with Gasteiger partial charge in [-0.15, -0.1) is 0 Å². The number of nitrogens with zero attached hydrogens (tertiary/aromatic N) is 3. The Kier molecular flexibility index (Phi) is 4.38. The highest BCUT2D eigenvalue weighted by Crippen LogP contribution is 2.34.